The van der Waals surface area contributed by atoms with Gasteiger partial charge in [-0.15, -0.1) is 0 Å². The van der Waals surface area contributed by atoms with E-state index in [1.807, 2.05) is 4.90 Å². The van der Waals surface area contributed by atoms with Crippen LogP contribution in [0.15, 0.2) is 6.07 Å². The van der Waals surface area contributed by atoms with Gasteiger partial charge in [-0.2, -0.15) is 0 Å². The third-order valence-corrected chi connectivity index (χ3v) is 3.94. The molecule has 0 radical (unpaired) electrons. The molecule has 0 bridgehead atoms. The molecule has 1 aromatic rings. The van der Waals surface area contributed by atoms with Crippen molar-refractivity contribution in [1.82, 2.24) is 9.88 Å². The normalized spacial score (nSPS) is 14.9. The monoisotopic (exact) mass is 327 g/mol. The molecule has 8 heteroatoms. The number of halogens is 1. The number of rotatable bonds is 3. The molecule has 2 rings (SSSR count). The van der Waals surface area contributed by atoms with Gasteiger partial charge in [-0.25, -0.2) is 14.6 Å². The van der Waals surface area contributed by atoms with Gasteiger partial charge in [0.25, 0.3) is 0 Å². The van der Waals surface area contributed by atoms with E-state index >= 15 is 0 Å². The van der Waals surface area contributed by atoms with Crippen LogP contribution in [0, 0.1) is 6.92 Å². The van der Waals surface area contributed by atoms with E-state index in [1.54, 1.807) is 19.9 Å². The van der Waals surface area contributed by atoms with Gasteiger partial charge < -0.3 is 19.6 Å². The van der Waals surface area contributed by atoms with Crippen molar-refractivity contribution < 1.29 is 19.4 Å². The molecule has 0 aromatic carbocycles. The molecule has 2 heterocycles. The van der Waals surface area contributed by atoms with E-state index < -0.39 is 12.1 Å². The number of anilines is 1. The minimum Gasteiger partial charge on any atom is -0.465 e. The second kappa shape index (κ2) is 6.83. The van der Waals surface area contributed by atoms with Crippen molar-refractivity contribution in [2.75, 3.05) is 37.7 Å². The zero-order chi connectivity index (χ0) is 16.3. The van der Waals surface area contributed by atoms with Crippen molar-refractivity contribution >= 4 is 29.5 Å². The summed E-state index contributed by atoms with van der Waals surface area (Å²) in [5.41, 5.74) is 0.963. The summed E-state index contributed by atoms with van der Waals surface area (Å²) in [6, 6.07) is 1.65. The summed E-state index contributed by atoms with van der Waals surface area (Å²) >= 11 is 6.11. The molecule has 1 aliphatic heterocycles. The highest BCUT2D eigenvalue weighted by atomic mass is 35.5. The lowest BCUT2D eigenvalue weighted by Gasteiger charge is -2.34. The lowest BCUT2D eigenvalue weighted by Crippen LogP contribution is -2.48. The highest BCUT2D eigenvalue weighted by Gasteiger charge is 2.23. The van der Waals surface area contributed by atoms with Crippen molar-refractivity contribution in [3.05, 3.63) is 22.3 Å². The van der Waals surface area contributed by atoms with Gasteiger partial charge in [0.2, 0.25) is 0 Å². The van der Waals surface area contributed by atoms with Crippen LogP contribution in [-0.2, 0) is 4.74 Å². The van der Waals surface area contributed by atoms with Crippen LogP contribution in [0.25, 0.3) is 0 Å². The number of aromatic nitrogens is 1. The van der Waals surface area contributed by atoms with Crippen LogP contribution in [0.1, 0.15) is 22.8 Å². The number of hydrogen-bond acceptors (Lipinski definition) is 5. The fraction of sp³-hybridized carbons (Fsp3) is 0.500. The SMILES string of the molecule is CCOC(=O)c1cc(N2CCN(C(=O)O)CC2)nc(Cl)c1C. The standard InChI is InChI=1S/C14H18ClN3O4/c1-3-22-13(19)10-8-11(16-12(15)9(10)2)17-4-6-18(7-5-17)14(20)21/h8H,3-7H2,1-2H3,(H,20,21). The van der Waals surface area contributed by atoms with Crippen LogP contribution in [-0.4, -0.2) is 59.8 Å². The van der Waals surface area contributed by atoms with Gasteiger partial charge in [-0.05, 0) is 19.9 Å². The molecule has 120 valence electrons. The molecule has 1 saturated heterocycles. The molecular formula is C14H18ClN3O4. The Morgan fingerprint density at radius 1 is 1.36 bits per heavy atom. The van der Waals surface area contributed by atoms with E-state index in [2.05, 4.69) is 4.98 Å². The highest BCUT2D eigenvalue weighted by molar-refractivity contribution is 6.30. The molecule has 0 spiro atoms. The van der Waals surface area contributed by atoms with E-state index in [-0.39, 0.29) is 11.8 Å². The first-order valence-electron chi connectivity index (χ1n) is 7.01. The number of carbonyl (C=O) groups is 2. The number of nitrogens with zero attached hydrogens (tertiary/aromatic N) is 3. The minimum atomic E-state index is -0.929. The van der Waals surface area contributed by atoms with Crippen LogP contribution in [0.2, 0.25) is 5.15 Å². The average molecular weight is 328 g/mol. The van der Waals surface area contributed by atoms with Gasteiger partial charge in [-0.3, -0.25) is 0 Å². The summed E-state index contributed by atoms with van der Waals surface area (Å²) in [7, 11) is 0. The van der Waals surface area contributed by atoms with Crippen LogP contribution in [0.4, 0.5) is 10.6 Å². The van der Waals surface area contributed by atoms with E-state index in [0.717, 1.165) is 0 Å². The maximum Gasteiger partial charge on any atom is 0.407 e. The molecule has 1 N–H and O–H groups in total. The largest absolute Gasteiger partial charge is 0.465 e. The number of piperazine rings is 1. The fourth-order valence-corrected chi connectivity index (χ4v) is 2.46. The Labute approximate surface area is 133 Å². The average Bonchev–Trinajstić information content (AvgIpc) is 2.50. The number of amides is 1. The van der Waals surface area contributed by atoms with Crippen LogP contribution < -0.4 is 4.90 Å². The predicted molar refractivity (Wildman–Crippen MR) is 81.8 cm³/mol. The van der Waals surface area contributed by atoms with Crippen molar-refractivity contribution in [3.63, 3.8) is 0 Å². The Morgan fingerprint density at radius 3 is 2.55 bits per heavy atom. The molecular weight excluding hydrogens is 310 g/mol. The Kier molecular flexibility index (Phi) is 5.07. The molecule has 0 unspecified atom stereocenters. The number of esters is 1. The number of pyridine rings is 1. The zero-order valence-corrected chi connectivity index (χ0v) is 13.3. The second-order valence-electron chi connectivity index (χ2n) is 4.92. The molecule has 0 saturated carbocycles. The summed E-state index contributed by atoms with van der Waals surface area (Å²) in [5.74, 6) is 0.124. The predicted octanol–water partition coefficient (Wildman–Crippen LogP) is 2.02. The first-order valence-corrected chi connectivity index (χ1v) is 7.39. The van der Waals surface area contributed by atoms with Crippen LogP contribution in [0.3, 0.4) is 0 Å². The summed E-state index contributed by atoms with van der Waals surface area (Å²) < 4.78 is 5.02. The van der Waals surface area contributed by atoms with Gasteiger partial charge >= 0.3 is 12.1 Å². The van der Waals surface area contributed by atoms with Gasteiger partial charge in [0.05, 0.1) is 12.2 Å². The molecule has 7 nitrogen and oxygen atoms in total. The molecule has 1 aliphatic rings. The summed E-state index contributed by atoms with van der Waals surface area (Å²) in [6.45, 7) is 5.51. The lowest BCUT2D eigenvalue weighted by molar-refractivity contribution is 0.0525. The van der Waals surface area contributed by atoms with Crippen LogP contribution in [0.5, 0.6) is 0 Å². The van der Waals surface area contributed by atoms with Gasteiger partial charge in [0.1, 0.15) is 11.0 Å². The maximum atomic E-state index is 12.0. The summed E-state index contributed by atoms with van der Waals surface area (Å²) in [4.78, 5) is 30.4. The molecule has 22 heavy (non-hydrogen) atoms. The second-order valence-corrected chi connectivity index (χ2v) is 5.28. The Bertz CT molecular complexity index is 586. The smallest absolute Gasteiger partial charge is 0.407 e. The number of hydrogen-bond donors (Lipinski definition) is 1. The molecule has 0 atom stereocenters. The maximum absolute atomic E-state index is 12.0. The Balaban J connectivity index is 2.22. The van der Waals surface area contributed by atoms with Crippen LogP contribution >= 0.6 is 11.6 Å². The highest BCUT2D eigenvalue weighted by Crippen LogP contribution is 2.24. The topological polar surface area (TPSA) is 83.0 Å². The van der Waals surface area contributed by atoms with Crippen molar-refractivity contribution in [1.29, 1.82) is 0 Å². The van der Waals surface area contributed by atoms with E-state index in [4.69, 9.17) is 21.4 Å². The summed E-state index contributed by atoms with van der Waals surface area (Å²) in [5, 5.41) is 9.21. The first-order chi connectivity index (χ1) is 10.4. The van der Waals surface area contributed by atoms with Gasteiger partial charge in [0, 0.05) is 31.7 Å². The van der Waals surface area contributed by atoms with Gasteiger partial charge in [0.15, 0.2) is 0 Å². The fourth-order valence-electron chi connectivity index (χ4n) is 2.27. The molecule has 1 aromatic heterocycles. The number of carbonyl (C=O) groups excluding carboxylic acids is 1. The Hall–Kier alpha value is -2.02. The van der Waals surface area contributed by atoms with E-state index in [1.165, 1.54) is 4.90 Å². The van der Waals surface area contributed by atoms with Crippen molar-refractivity contribution in [2.45, 2.75) is 13.8 Å². The molecule has 0 aliphatic carbocycles. The van der Waals surface area contributed by atoms with E-state index in [9.17, 15) is 9.59 Å². The first kappa shape index (κ1) is 16.4. The number of ether oxygens (including phenoxy) is 1. The minimum absolute atomic E-state index is 0.251. The third kappa shape index (κ3) is 3.41. The van der Waals surface area contributed by atoms with Crippen molar-refractivity contribution in [2.24, 2.45) is 0 Å². The zero-order valence-electron chi connectivity index (χ0n) is 12.5. The third-order valence-electron chi connectivity index (χ3n) is 3.57. The number of carboxylic acid groups (broad SMARTS) is 1. The lowest BCUT2D eigenvalue weighted by atomic mass is 10.1. The summed E-state index contributed by atoms with van der Waals surface area (Å²) in [6.07, 6.45) is -0.929. The van der Waals surface area contributed by atoms with E-state index in [0.29, 0.717) is 43.1 Å². The molecule has 1 amide bonds. The Morgan fingerprint density at radius 2 is 2.00 bits per heavy atom. The molecule has 1 fully saturated rings. The van der Waals surface area contributed by atoms with Gasteiger partial charge in [-0.1, -0.05) is 11.6 Å². The quantitative estimate of drug-likeness (QED) is 0.675. The van der Waals surface area contributed by atoms with Crippen molar-refractivity contribution in [3.8, 4) is 0 Å².